The highest BCUT2D eigenvalue weighted by Crippen LogP contribution is 2.51. The van der Waals surface area contributed by atoms with Gasteiger partial charge in [-0.1, -0.05) is 111 Å². The van der Waals surface area contributed by atoms with Crippen LogP contribution in [0.3, 0.4) is 0 Å². The molecule has 0 heterocycles. The van der Waals surface area contributed by atoms with Gasteiger partial charge < -0.3 is 9.05 Å². The highest BCUT2D eigenvalue weighted by molar-refractivity contribution is 7.42. The molecule has 1 aliphatic carbocycles. The third-order valence-corrected chi connectivity index (χ3v) is 9.98. The van der Waals surface area contributed by atoms with Crippen LogP contribution in [0.15, 0.2) is 36.4 Å². The predicted octanol–water partition coefficient (Wildman–Crippen LogP) is 11.8. The minimum Gasteiger partial charge on any atom is -0.417 e. The zero-order valence-electron chi connectivity index (χ0n) is 25.4. The first-order valence-electron chi connectivity index (χ1n) is 15.4. The van der Waals surface area contributed by atoms with Gasteiger partial charge >= 0.3 is 8.60 Å². The molecule has 0 amide bonds. The van der Waals surface area contributed by atoms with Crippen molar-refractivity contribution in [2.75, 3.05) is 0 Å². The molecule has 2 aromatic carbocycles. The summed E-state index contributed by atoms with van der Waals surface area (Å²) in [5.74, 6) is 3.60. The number of rotatable bonds is 14. The summed E-state index contributed by atoms with van der Waals surface area (Å²) in [5, 5.41) is 0. The van der Waals surface area contributed by atoms with Gasteiger partial charge in [-0.3, -0.25) is 4.52 Å². The molecule has 4 unspecified atom stereocenters. The van der Waals surface area contributed by atoms with Crippen molar-refractivity contribution in [2.45, 2.75) is 143 Å². The first kappa shape index (κ1) is 31.0. The van der Waals surface area contributed by atoms with Crippen LogP contribution in [0.5, 0.6) is 11.5 Å². The van der Waals surface area contributed by atoms with E-state index in [4.69, 9.17) is 13.6 Å². The molecule has 1 saturated carbocycles. The highest BCUT2D eigenvalue weighted by atomic mass is 31.2. The molecule has 0 spiro atoms. The summed E-state index contributed by atoms with van der Waals surface area (Å²) in [6, 6.07) is 13.3. The average molecular weight is 541 g/mol. The number of benzene rings is 2. The van der Waals surface area contributed by atoms with Gasteiger partial charge in [-0.2, -0.15) is 0 Å². The van der Waals surface area contributed by atoms with Crippen molar-refractivity contribution >= 4 is 8.60 Å². The second-order valence-corrected chi connectivity index (χ2v) is 12.6. The second kappa shape index (κ2) is 15.3. The van der Waals surface area contributed by atoms with Crippen molar-refractivity contribution in [3.05, 3.63) is 58.7 Å². The zero-order chi connectivity index (χ0) is 27.7. The standard InChI is InChI=1S/C34H53O3P/c1-9-24(5)29-20-16-21-30(25(6)10-2)33(29)36-38(35-28-18-14-13-15-19-28)37-34-31(26(7)11-3)22-17-23-32(34)27(8)12-4/h16-17,20-28H,9-15,18-19H2,1-8H3. The monoisotopic (exact) mass is 540 g/mol. The molecule has 3 nitrogen and oxygen atoms in total. The molecule has 2 aromatic rings. The zero-order valence-corrected chi connectivity index (χ0v) is 26.3. The smallest absolute Gasteiger partial charge is 0.417 e. The largest absolute Gasteiger partial charge is 0.463 e. The van der Waals surface area contributed by atoms with Gasteiger partial charge in [0, 0.05) is 0 Å². The van der Waals surface area contributed by atoms with E-state index in [1.165, 1.54) is 41.5 Å². The molecule has 3 rings (SSSR count). The fourth-order valence-electron chi connectivity index (χ4n) is 5.29. The lowest BCUT2D eigenvalue weighted by molar-refractivity contribution is 0.138. The number of para-hydroxylation sites is 2. The fraction of sp³-hybridized carbons (Fsp3) is 0.647. The summed E-state index contributed by atoms with van der Waals surface area (Å²) < 4.78 is 20.8. The Kier molecular flexibility index (Phi) is 12.4. The Morgan fingerprint density at radius 1 is 0.605 bits per heavy atom. The minimum atomic E-state index is -1.62. The highest BCUT2D eigenvalue weighted by Gasteiger charge is 2.31. The van der Waals surface area contributed by atoms with Crippen molar-refractivity contribution in [3.63, 3.8) is 0 Å². The van der Waals surface area contributed by atoms with E-state index in [9.17, 15) is 0 Å². The molecule has 4 atom stereocenters. The average Bonchev–Trinajstić information content (AvgIpc) is 2.96. The molecule has 0 aromatic heterocycles. The Morgan fingerprint density at radius 3 is 1.26 bits per heavy atom. The van der Waals surface area contributed by atoms with Crippen LogP contribution in [0.1, 0.15) is 159 Å². The van der Waals surface area contributed by atoms with Crippen molar-refractivity contribution in [1.29, 1.82) is 0 Å². The molecule has 1 aliphatic rings. The van der Waals surface area contributed by atoms with Gasteiger partial charge in [0.1, 0.15) is 11.5 Å². The van der Waals surface area contributed by atoms with E-state index in [2.05, 4.69) is 91.8 Å². The van der Waals surface area contributed by atoms with Crippen LogP contribution < -0.4 is 9.05 Å². The second-order valence-electron chi connectivity index (χ2n) is 11.5. The molecule has 38 heavy (non-hydrogen) atoms. The molecular weight excluding hydrogens is 487 g/mol. The lowest BCUT2D eigenvalue weighted by atomic mass is 9.90. The molecule has 0 aliphatic heterocycles. The summed E-state index contributed by atoms with van der Waals surface area (Å²) in [6.07, 6.45) is 10.4. The summed E-state index contributed by atoms with van der Waals surface area (Å²) in [5.41, 5.74) is 5.08. The van der Waals surface area contributed by atoms with E-state index >= 15 is 0 Å². The summed E-state index contributed by atoms with van der Waals surface area (Å²) in [4.78, 5) is 0. The minimum absolute atomic E-state index is 0.195. The molecule has 0 radical (unpaired) electrons. The maximum Gasteiger partial charge on any atom is 0.463 e. The Hall–Kier alpha value is -1.57. The van der Waals surface area contributed by atoms with E-state index < -0.39 is 8.60 Å². The van der Waals surface area contributed by atoms with E-state index in [0.717, 1.165) is 50.0 Å². The Balaban J connectivity index is 2.09. The molecule has 4 heteroatoms. The lowest BCUT2D eigenvalue weighted by Gasteiger charge is -2.30. The maximum atomic E-state index is 6.99. The van der Waals surface area contributed by atoms with E-state index in [1.54, 1.807) is 0 Å². The topological polar surface area (TPSA) is 27.7 Å². The quantitative estimate of drug-likeness (QED) is 0.223. The van der Waals surface area contributed by atoms with Gasteiger partial charge in [-0.25, -0.2) is 0 Å². The number of hydrogen-bond donors (Lipinski definition) is 0. The van der Waals surface area contributed by atoms with Gasteiger partial charge in [0.15, 0.2) is 0 Å². The van der Waals surface area contributed by atoms with Crippen LogP contribution in [-0.2, 0) is 4.52 Å². The molecule has 0 bridgehead atoms. The third-order valence-electron chi connectivity index (χ3n) is 8.84. The molecule has 212 valence electrons. The first-order valence-corrected chi connectivity index (χ1v) is 16.5. The first-order chi connectivity index (χ1) is 18.3. The molecule has 1 fully saturated rings. The van der Waals surface area contributed by atoms with Crippen molar-refractivity contribution < 1.29 is 13.6 Å². The Morgan fingerprint density at radius 2 is 0.947 bits per heavy atom. The van der Waals surface area contributed by atoms with E-state index in [-0.39, 0.29) is 6.10 Å². The fourth-order valence-corrected chi connectivity index (χ4v) is 6.59. The van der Waals surface area contributed by atoms with Crippen molar-refractivity contribution in [2.24, 2.45) is 0 Å². The van der Waals surface area contributed by atoms with E-state index in [0.29, 0.717) is 23.7 Å². The molecular formula is C34H53O3P. The number of hydrogen-bond acceptors (Lipinski definition) is 3. The lowest BCUT2D eigenvalue weighted by Crippen LogP contribution is -2.18. The van der Waals surface area contributed by atoms with Crippen molar-refractivity contribution in [3.8, 4) is 11.5 Å². The summed E-state index contributed by atoms with van der Waals surface area (Å²) >= 11 is 0. The van der Waals surface area contributed by atoms with Gasteiger partial charge in [-0.15, -0.1) is 0 Å². The van der Waals surface area contributed by atoms with Gasteiger partial charge in [-0.05, 0) is 84.5 Å². The van der Waals surface area contributed by atoms with Crippen LogP contribution in [0, 0.1) is 0 Å². The van der Waals surface area contributed by atoms with Gasteiger partial charge in [0.2, 0.25) is 0 Å². The van der Waals surface area contributed by atoms with Crippen molar-refractivity contribution in [1.82, 2.24) is 0 Å². The maximum absolute atomic E-state index is 6.99. The third kappa shape index (κ3) is 7.76. The van der Waals surface area contributed by atoms with E-state index in [1.807, 2.05) is 0 Å². The SMILES string of the molecule is CCC(C)c1cccc(C(C)CC)c1OP(Oc1c(C(C)CC)cccc1C(C)CC)OC1CCCCC1. The van der Waals surface area contributed by atoms with Crippen LogP contribution in [0.4, 0.5) is 0 Å². The van der Waals surface area contributed by atoms with Gasteiger partial charge in [0.25, 0.3) is 0 Å². The molecule has 0 saturated heterocycles. The van der Waals surface area contributed by atoms with Crippen LogP contribution in [-0.4, -0.2) is 6.10 Å². The Labute approximate surface area is 235 Å². The van der Waals surface area contributed by atoms with Crippen LogP contribution >= 0.6 is 8.60 Å². The van der Waals surface area contributed by atoms with Crippen LogP contribution in [0.25, 0.3) is 0 Å². The molecule has 0 N–H and O–H groups in total. The summed E-state index contributed by atoms with van der Waals surface area (Å²) in [7, 11) is -1.62. The van der Waals surface area contributed by atoms with Gasteiger partial charge in [0.05, 0.1) is 6.10 Å². The predicted molar refractivity (Wildman–Crippen MR) is 164 cm³/mol. The van der Waals surface area contributed by atoms with Crippen LogP contribution in [0.2, 0.25) is 0 Å². The Bertz CT molecular complexity index is 858. The normalized spacial score (nSPS) is 18.4. The summed E-state index contributed by atoms with van der Waals surface area (Å²) in [6.45, 7) is 18.2.